The Hall–Kier alpha value is -0.680. The second-order valence-electron chi connectivity index (χ2n) is 4.82. The van der Waals surface area contributed by atoms with Crippen LogP contribution in [0.2, 0.25) is 0 Å². The van der Waals surface area contributed by atoms with Gasteiger partial charge in [-0.1, -0.05) is 61.7 Å². The number of hydrogen-bond donors (Lipinski definition) is 1. The number of amides is 1. The van der Waals surface area contributed by atoms with Gasteiger partial charge in [0.05, 0.1) is 14.9 Å². The lowest BCUT2D eigenvalue weighted by molar-refractivity contribution is -0.125. The van der Waals surface area contributed by atoms with E-state index in [-0.39, 0.29) is 9.14 Å². The second-order valence-corrected chi connectivity index (χ2v) is 8.59. The molecule has 0 aromatic heterocycles. The van der Waals surface area contributed by atoms with Crippen LogP contribution in [0.3, 0.4) is 0 Å². The molecular formula is C13H14Br2N2O. The molecule has 1 amide bonds. The van der Waals surface area contributed by atoms with Crippen LogP contribution in [0.1, 0.15) is 24.5 Å². The average Bonchev–Trinajstić information content (AvgIpc) is 2.82. The van der Waals surface area contributed by atoms with Crippen LogP contribution in [0, 0.1) is 12.3 Å². The lowest BCUT2D eigenvalue weighted by Gasteiger charge is -2.09. The minimum atomic E-state index is -0.433. The molecule has 1 aromatic carbocycles. The summed E-state index contributed by atoms with van der Waals surface area (Å²) in [5.41, 5.74) is 4.30. The Bertz CT molecular complexity index is 496. The Morgan fingerprint density at radius 1 is 1.39 bits per heavy atom. The molecular weight excluding hydrogens is 360 g/mol. The van der Waals surface area contributed by atoms with Gasteiger partial charge in [0.2, 0.25) is 5.91 Å². The first-order valence-electron chi connectivity index (χ1n) is 5.63. The van der Waals surface area contributed by atoms with Crippen LogP contribution in [0.15, 0.2) is 29.4 Å². The molecule has 1 fully saturated rings. The summed E-state index contributed by atoms with van der Waals surface area (Å²) in [6, 6.07) is 7.94. The third kappa shape index (κ3) is 2.67. The summed E-state index contributed by atoms with van der Waals surface area (Å²) in [5, 5.41) is 3.98. The van der Waals surface area contributed by atoms with Crippen molar-refractivity contribution in [3.63, 3.8) is 0 Å². The maximum atomic E-state index is 11.9. The standard InChI is InChI=1S/C13H14Br2N2O/c1-9-3-5-10(6-4-9)7-16-17-11(18)12(2)8-13(12,14)15/h3-7H,8H2,1-2H3,(H,17,18)/b16-7-/t12-/m1/s1. The van der Waals surface area contributed by atoms with Gasteiger partial charge in [-0.3, -0.25) is 4.79 Å². The van der Waals surface area contributed by atoms with E-state index in [4.69, 9.17) is 0 Å². The van der Waals surface area contributed by atoms with E-state index in [0.29, 0.717) is 0 Å². The fourth-order valence-corrected chi connectivity index (χ4v) is 3.07. The lowest BCUT2D eigenvalue weighted by atomic mass is 10.1. The van der Waals surface area contributed by atoms with Crippen LogP contribution in [0.4, 0.5) is 0 Å². The highest BCUT2D eigenvalue weighted by atomic mass is 79.9. The molecule has 1 atom stereocenters. The average molecular weight is 374 g/mol. The SMILES string of the molecule is Cc1ccc(/C=N\NC(=O)[C@@]2(C)CC2(Br)Br)cc1. The van der Waals surface area contributed by atoms with E-state index in [1.165, 1.54) is 5.56 Å². The zero-order valence-corrected chi connectivity index (χ0v) is 13.4. The smallest absolute Gasteiger partial charge is 0.248 e. The number of carbonyl (C=O) groups excluding carboxylic acids is 1. The summed E-state index contributed by atoms with van der Waals surface area (Å²) in [7, 11) is 0. The number of nitrogens with one attached hydrogen (secondary N) is 1. The topological polar surface area (TPSA) is 41.5 Å². The van der Waals surface area contributed by atoms with Crippen molar-refractivity contribution in [2.45, 2.75) is 23.5 Å². The first-order chi connectivity index (χ1) is 8.35. The molecule has 0 bridgehead atoms. The Balaban J connectivity index is 1.93. The Morgan fingerprint density at radius 2 is 1.94 bits per heavy atom. The van der Waals surface area contributed by atoms with Gasteiger partial charge in [0, 0.05) is 0 Å². The number of aryl methyl sites for hydroxylation is 1. The van der Waals surface area contributed by atoms with Gasteiger partial charge in [-0.05, 0) is 25.8 Å². The molecule has 1 aliphatic rings. The maximum Gasteiger partial charge on any atom is 0.248 e. The normalized spacial score (nSPS) is 25.1. The van der Waals surface area contributed by atoms with E-state index in [1.807, 2.05) is 38.1 Å². The van der Waals surface area contributed by atoms with Gasteiger partial charge in [-0.2, -0.15) is 5.10 Å². The van der Waals surface area contributed by atoms with E-state index in [9.17, 15) is 4.79 Å². The summed E-state index contributed by atoms with van der Waals surface area (Å²) < 4.78 is -0.281. The number of hydrazone groups is 1. The fraction of sp³-hybridized carbons (Fsp3) is 0.385. The second kappa shape index (κ2) is 4.78. The third-order valence-electron chi connectivity index (χ3n) is 3.22. The minimum absolute atomic E-state index is 0.0837. The summed E-state index contributed by atoms with van der Waals surface area (Å²) in [5.74, 6) is -0.0837. The van der Waals surface area contributed by atoms with Crippen molar-refractivity contribution in [2.75, 3.05) is 0 Å². The van der Waals surface area contributed by atoms with E-state index >= 15 is 0 Å². The zero-order chi connectivity index (χ0) is 13.4. The highest BCUT2D eigenvalue weighted by Gasteiger charge is 2.66. The summed E-state index contributed by atoms with van der Waals surface area (Å²) in [6.45, 7) is 3.93. The quantitative estimate of drug-likeness (QED) is 0.492. The van der Waals surface area contributed by atoms with Gasteiger partial charge in [0.15, 0.2) is 0 Å². The van der Waals surface area contributed by atoms with Crippen LogP contribution < -0.4 is 5.43 Å². The van der Waals surface area contributed by atoms with Crippen LogP contribution in [-0.4, -0.2) is 15.4 Å². The van der Waals surface area contributed by atoms with E-state index in [0.717, 1.165) is 12.0 Å². The number of alkyl halides is 2. The molecule has 2 rings (SSSR count). The van der Waals surface area contributed by atoms with E-state index < -0.39 is 5.41 Å². The van der Waals surface area contributed by atoms with Crippen LogP contribution >= 0.6 is 31.9 Å². The Kier molecular flexibility index (Phi) is 3.65. The number of nitrogens with zero attached hydrogens (tertiary/aromatic N) is 1. The first kappa shape index (κ1) is 13.7. The molecule has 0 heterocycles. The van der Waals surface area contributed by atoms with Crippen molar-refractivity contribution in [1.82, 2.24) is 5.43 Å². The van der Waals surface area contributed by atoms with Crippen molar-refractivity contribution >= 4 is 44.0 Å². The molecule has 0 saturated heterocycles. The first-order valence-corrected chi connectivity index (χ1v) is 7.22. The fourth-order valence-electron chi connectivity index (χ4n) is 1.59. The van der Waals surface area contributed by atoms with Gasteiger partial charge >= 0.3 is 0 Å². The molecule has 5 heteroatoms. The predicted octanol–water partition coefficient (Wildman–Crippen LogP) is 3.34. The molecule has 1 N–H and O–H groups in total. The monoisotopic (exact) mass is 372 g/mol. The Labute approximate surface area is 123 Å². The number of halogens is 2. The van der Waals surface area contributed by atoms with Gasteiger partial charge in [0.1, 0.15) is 0 Å². The number of carbonyl (C=O) groups is 1. The molecule has 1 aromatic rings. The zero-order valence-electron chi connectivity index (χ0n) is 10.2. The number of benzene rings is 1. The molecule has 0 aliphatic heterocycles. The highest BCUT2D eigenvalue weighted by molar-refractivity contribution is 9.25. The molecule has 0 spiro atoms. The van der Waals surface area contributed by atoms with Crippen LogP contribution in [0.25, 0.3) is 0 Å². The van der Waals surface area contributed by atoms with Crippen LogP contribution in [-0.2, 0) is 4.79 Å². The summed E-state index contributed by atoms with van der Waals surface area (Å²) in [4.78, 5) is 11.9. The largest absolute Gasteiger partial charge is 0.272 e. The van der Waals surface area contributed by atoms with Crippen LogP contribution in [0.5, 0.6) is 0 Å². The van der Waals surface area contributed by atoms with Gasteiger partial charge in [0.25, 0.3) is 0 Å². The van der Waals surface area contributed by atoms with Crippen molar-refractivity contribution in [2.24, 2.45) is 10.5 Å². The summed E-state index contributed by atoms with van der Waals surface area (Å²) in [6.07, 6.45) is 2.40. The van der Waals surface area contributed by atoms with E-state index in [1.54, 1.807) is 6.21 Å². The van der Waals surface area contributed by atoms with Crippen molar-refractivity contribution in [3.8, 4) is 0 Å². The van der Waals surface area contributed by atoms with Crippen molar-refractivity contribution < 1.29 is 4.79 Å². The molecule has 1 saturated carbocycles. The highest BCUT2D eigenvalue weighted by Crippen LogP contribution is 2.66. The molecule has 1 aliphatic carbocycles. The predicted molar refractivity (Wildman–Crippen MR) is 80.2 cm³/mol. The molecule has 96 valence electrons. The minimum Gasteiger partial charge on any atom is -0.272 e. The van der Waals surface area contributed by atoms with Crippen molar-refractivity contribution in [1.29, 1.82) is 0 Å². The van der Waals surface area contributed by atoms with Gasteiger partial charge in [-0.25, -0.2) is 5.43 Å². The molecule has 18 heavy (non-hydrogen) atoms. The lowest BCUT2D eigenvalue weighted by Crippen LogP contribution is -2.29. The van der Waals surface area contributed by atoms with Gasteiger partial charge in [-0.15, -0.1) is 0 Å². The third-order valence-corrected chi connectivity index (χ3v) is 5.53. The van der Waals surface area contributed by atoms with Crippen molar-refractivity contribution in [3.05, 3.63) is 35.4 Å². The van der Waals surface area contributed by atoms with E-state index in [2.05, 4.69) is 42.4 Å². The van der Waals surface area contributed by atoms with Gasteiger partial charge < -0.3 is 0 Å². The number of rotatable bonds is 3. The Morgan fingerprint density at radius 3 is 2.44 bits per heavy atom. The molecule has 0 unspecified atom stereocenters. The maximum absolute atomic E-state index is 11.9. The summed E-state index contributed by atoms with van der Waals surface area (Å²) >= 11 is 6.92. The number of hydrogen-bond acceptors (Lipinski definition) is 2. The molecule has 0 radical (unpaired) electrons. The molecule has 3 nitrogen and oxygen atoms in total.